The summed E-state index contributed by atoms with van der Waals surface area (Å²) in [4.78, 5) is 20.5. The Bertz CT molecular complexity index is 1630. The lowest BCUT2D eigenvalue weighted by Crippen LogP contribution is -2.59. The molecule has 302 valence electrons. The van der Waals surface area contributed by atoms with Crippen LogP contribution in [-0.4, -0.2) is 101 Å². The molecule has 1 amide bonds. The Hall–Kier alpha value is -1.50. The number of rotatable bonds is 18. The minimum absolute atomic E-state index is 0.0903. The summed E-state index contributed by atoms with van der Waals surface area (Å²) in [7, 11) is -4.01. The number of halogens is 2. The largest absolute Gasteiger partial charge is 0.416 e. The lowest BCUT2D eigenvalue weighted by molar-refractivity contribution is -0.158. The third-order valence-corrected chi connectivity index (χ3v) is 21.8. The quantitative estimate of drug-likeness (QED) is 0.140. The molecule has 2 heterocycles. The third kappa shape index (κ3) is 9.44. The first-order valence-electron chi connectivity index (χ1n) is 20.3. The number of piperidine rings is 1. The van der Waals surface area contributed by atoms with Crippen LogP contribution in [0.5, 0.6) is 0 Å². The van der Waals surface area contributed by atoms with Crippen LogP contribution in [0.15, 0.2) is 48.5 Å². The van der Waals surface area contributed by atoms with Crippen molar-refractivity contribution in [1.29, 1.82) is 0 Å². The van der Waals surface area contributed by atoms with Crippen molar-refractivity contribution in [2.75, 3.05) is 53.0 Å². The second kappa shape index (κ2) is 18.4. The van der Waals surface area contributed by atoms with Crippen molar-refractivity contribution in [2.45, 2.75) is 127 Å². The van der Waals surface area contributed by atoms with E-state index in [1.807, 2.05) is 42.5 Å². The number of likely N-dealkylation sites (tertiary alicyclic amines) is 1. The minimum atomic E-state index is -3.47. The maximum Gasteiger partial charge on any atom is 0.229 e. The molecule has 54 heavy (non-hydrogen) atoms. The van der Waals surface area contributed by atoms with Crippen molar-refractivity contribution in [2.24, 2.45) is 5.41 Å². The number of hydrogen-bond acceptors (Lipinski definition) is 6. The first-order chi connectivity index (χ1) is 25.6. The highest BCUT2D eigenvalue weighted by Crippen LogP contribution is 2.54. The Labute approximate surface area is 337 Å². The predicted molar refractivity (Wildman–Crippen MR) is 224 cm³/mol. The van der Waals surface area contributed by atoms with Crippen molar-refractivity contribution < 1.29 is 22.4 Å². The normalized spacial score (nSPS) is 24.0. The number of carbonyl (C=O) groups is 1. The number of likely N-dealkylation sites (N-methyl/N-ethyl adjacent to an activating group) is 1. The molecule has 0 spiro atoms. The van der Waals surface area contributed by atoms with Gasteiger partial charge in [0.05, 0.1) is 29.9 Å². The summed E-state index contributed by atoms with van der Waals surface area (Å²) in [5.41, 5.74) is 2.54. The van der Waals surface area contributed by atoms with Gasteiger partial charge in [-0.2, -0.15) is 0 Å². The molecule has 0 aromatic heterocycles. The van der Waals surface area contributed by atoms with Gasteiger partial charge in [0.25, 0.3) is 0 Å². The van der Waals surface area contributed by atoms with Crippen molar-refractivity contribution in [3.63, 3.8) is 0 Å². The van der Waals surface area contributed by atoms with E-state index in [2.05, 4.69) is 64.3 Å². The van der Waals surface area contributed by atoms with Gasteiger partial charge in [-0.25, -0.2) is 12.7 Å². The Morgan fingerprint density at radius 1 is 0.926 bits per heavy atom. The maximum atomic E-state index is 16.0. The van der Waals surface area contributed by atoms with Gasteiger partial charge in [0.2, 0.25) is 15.9 Å². The van der Waals surface area contributed by atoms with Gasteiger partial charge in [-0.05, 0) is 97.1 Å². The molecule has 2 aliphatic heterocycles. The second-order valence-electron chi connectivity index (χ2n) is 17.1. The highest BCUT2D eigenvalue weighted by molar-refractivity contribution is 7.90. The molecule has 12 heteroatoms. The zero-order valence-electron chi connectivity index (χ0n) is 33.9. The SMILES string of the molecule is CC[C@H](CN(C)S(=O)(=O)C1CC1)N1C(=O)[C@](CCO[Si](C(C)C)(C(C)C)C(C)C)(CCN2CCOCC2)C[C@H](c2cccc(Cl)c2)[C@H]1c1ccc(Cl)cc1. The van der Waals surface area contributed by atoms with E-state index in [0.29, 0.717) is 85.0 Å². The monoisotopic (exact) mass is 821 g/mol. The molecule has 1 aliphatic carbocycles. The summed E-state index contributed by atoms with van der Waals surface area (Å²) in [5.74, 6) is -0.0264. The summed E-state index contributed by atoms with van der Waals surface area (Å²) in [6.07, 6.45) is 3.86. The fourth-order valence-corrected chi connectivity index (χ4v) is 17.2. The molecule has 1 saturated carbocycles. The summed E-state index contributed by atoms with van der Waals surface area (Å²) in [6.45, 7) is 20.4. The highest BCUT2D eigenvalue weighted by Gasteiger charge is 2.55. The number of nitrogens with zero attached hydrogens (tertiary/aromatic N) is 3. The molecule has 3 fully saturated rings. The van der Waals surface area contributed by atoms with E-state index in [-0.39, 0.29) is 35.7 Å². The van der Waals surface area contributed by atoms with Gasteiger partial charge in [-0.15, -0.1) is 0 Å². The molecular weight excluding hydrogens is 758 g/mol. The van der Waals surface area contributed by atoms with Gasteiger partial charge < -0.3 is 14.1 Å². The lowest BCUT2D eigenvalue weighted by atomic mass is 9.64. The Morgan fingerprint density at radius 2 is 1.56 bits per heavy atom. The summed E-state index contributed by atoms with van der Waals surface area (Å²) < 4.78 is 41.6. The van der Waals surface area contributed by atoms with Crippen LogP contribution in [0, 0.1) is 5.41 Å². The van der Waals surface area contributed by atoms with E-state index in [1.54, 1.807) is 7.05 Å². The van der Waals surface area contributed by atoms with E-state index in [0.717, 1.165) is 30.8 Å². The standard InChI is InChI=1S/C42H65Cl2N3O5SSi/c1-9-37(29-45(8)53(49,50)38-17-18-38)47-40(33-13-15-35(43)16-14-33)39(34-11-10-12-36(44)27-34)28-42(41(47)48,19-21-46-22-25-51-26-23-46)20-24-52-54(30(2)3,31(4)5)32(6)7/h10-16,27,30-32,37-40H,9,17-26,28-29H2,1-8H3/t37-,39-,40-,42+/m1/s1. The van der Waals surface area contributed by atoms with Crippen molar-refractivity contribution in [1.82, 2.24) is 14.1 Å². The summed E-state index contributed by atoms with van der Waals surface area (Å²) >= 11 is 13.2. The van der Waals surface area contributed by atoms with E-state index in [1.165, 1.54) is 4.31 Å². The second-order valence-corrected chi connectivity index (χ2v) is 25.7. The number of hydrogen-bond donors (Lipinski definition) is 0. The molecule has 8 nitrogen and oxygen atoms in total. The number of carbonyl (C=O) groups excluding carboxylic acids is 1. The van der Waals surface area contributed by atoms with Crippen LogP contribution in [-0.2, 0) is 24.0 Å². The van der Waals surface area contributed by atoms with Crippen molar-refractivity contribution in [3.8, 4) is 0 Å². The molecule has 2 aromatic carbocycles. The van der Waals surface area contributed by atoms with E-state index >= 15 is 4.79 Å². The molecule has 3 aliphatic rings. The van der Waals surface area contributed by atoms with Gasteiger partial charge >= 0.3 is 0 Å². The summed E-state index contributed by atoms with van der Waals surface area (Å²) in [5, 5.41) is 0.941. The molecular formula is C42H65Cl2N3O5SSi. The van der Waals surface area contributed by atoms with Crippen molar-refractivity contribution >= 4 is 47.4 Å². The average Bonchev–Trinajstić information content (AvgIpc) is 4.00. The molecule has 0 bridgehead atoms. The van der Waals surface area contributed by atoms with Crippen LogP contribution in [0.4, 0.5) is 0 Å². The molecule has 4 atom stereocenters. The van der Waals surface area contributed by atoms with Gasteiger partial charge in [-0.1, -0.05) is 95.9 Å². The van der Waals surface area contributed by atoms with E-state index in [9.17, 15) is 8.42 Å². The number of ether oxygens (including phenoxy) is 1. The first kappa shape index (κ1) is 43.6. The number of amides is 1. The Balaban J connectivity index is 1.66. The number of benzene rings is 2. The fourth-order valence-electron chi connectivity index (χ4n) is 9.80. The van der Waals surface area contributed by atoms with E-state index in [4.69, 9.17) is 32.4 Å². The zero-order valence-corrected chi connectivity index (χ0v) is 37.2. The maximum absolute atomic E-state index is 16.0. The fraction of sp³-hybridized carbons (Fsp3) is 0.690. The Morgan fingerprint density at radius 3 is 2.11 bits per heavy atom. The lowest BCUT2D eigenvalue weighted by Gasteiger charge is -2.54. The smallest absolute Gasteiger partial charge is 0.229 e. The first-order valence-corrected chi connectivity index (χ1v) is 24.7. The number of morpholine rings is 1. The van der Waals surface area contributed by atoms with Gasteiger partial charge in [0, 0.05) is 55.3 Å². The van der Waals surface area contributed by atoms with Crippen LogP contribution in [0.2, 0.25) is 26.7 Å². The van der Waals surface area contributed by atoms with E-state index < -0.39 is 23.8 Å². The topological polar surface area (TPSA) is 79.4 Å². The third-order valence-electron chi connectivity index (χ3n) is 12.8. The van der Waals surface area contributed by atoms with Gasteiger partial charge in [0.1, 0.15) is 0 Å². The molecule has 5 rings (SSSR count). The number of sulfonamides is 1. The molecule has 0 unspecified atom stereocenters. The molecule has 0 N–H and O–H groups in total. The zero-order chi connectivity index (χ0) is 39.4. The summed E-state index contributed by atoms with van der Waals surface area (Å²) in [6, 6.07) is 15.2. The predicted octanol–water partition coefficient (Wildman–Crippen LogP) is 9.54. The molecule has 0 radical (unpaired) electrons. The van der Waals surface area contributed by atoms with Crippen LogP contribution in [0.25, 0.3) is 0 Å². The molecule has 2 saturated heterocycles. The van der Waals surface area contributed by atoms with Crippen LogP contribution in [0.1, 0.15) is 110 Å². The highest BCUT2D eigenvalue weighted by atomic mass is 35.5. The van der Waals surface area contributed by atoms with Crippen LogP contribution >= 0.6 is 23.2 Å². The Kier molecular flexibility index (Phi) is 14.9. The molecule has 2 aromatic rings. The van der Waals surface area contributed by atoms with Gasteiger partial charge in [-0.3, -0.25) is 9.69 Å². The van der Waals surface area contributed by atoms with Crippen molar-refractivity contribution in [3.05, 3.63) is 69.7 Å². The van der Waals surface area contributed by atoms with Gasteiger partial charge in [0.15, 0.2) is 8.32 Å². The van der Waals surface area contributed by atoms with Crippen LogP contribution in [0.3, 0.4) is 0 Å². The van der Waals surface area contributed by atoms with Crippen LogP contribution < -0.4 is 0 Å². The minimum Gasteiger partial charge on any atom is -0.416 e. The average molecular weight is 823 g/mol.